The predicted molar refractivity (Wildman–Crippen MR) is 82.7 cm³/mol. The highest BCUT2D eigenvalue weighted by molar-refractivity contribution is 9.10. The van der Waals surface area contributed by atoms with Crippen molar-refractivity contribution in [1.82, 2.24) is 10.2 Å². The largest absolute Gasteiger partial charge is 0.379 e. The van der Waals surface area contributed by atoms with E-state index in [1.165, 1.54) is 5.56 Å². The van der Waals surface area contributed by atoms with Crippen molar-refractivity contribution in [2.24, 2.45) is 0 Å². The Morgan fingerprint density at radius 2 is 2.16 bits per heavy atom. The van der Waals surface area contributed by atoms with Gasteiger partial charge in [0.05, 0.1) is 13.2 Å². The van der Waals surface area contributed by atoms with E-state index in [0.29, 0.717) is 6.04 Å². The lowest BCUT2D eigenvalue weighted by atomic mass is 10.2. The fourth-order valence-electron chi connectivity index (χ4n) is 2.20. The molecule has 2 rings (SSSR count). The molecule has 1 saturated heterocycles. The molecule has 0 saturated carbocycles. The molecule has 1 fully saturated rings. The Kier molecular flexibility index (Phi) is 6.10. The summed E-state index contributed by atoms with van der Waals surface area (Å²) >= 11 is 9.57. The van der Waals surface area contributed by atoms with Gasteiger partial charge in [0.1, 0.15) is 0 Å². The third-order valence-electron chi connectivity index (χ3n) is 3.28. The average Bonchev–Trinajstić information content (AvgIpc) is 2.41. The lowest BCUT2D eigenvalue weighted by Crippen LogP contribution is -2.44. The van der Waals surface area contributed by atoms with Gasteiger partial charge in [0.2, 0.25) is 0 Å². The highest BCUT2D eigenvalue weighted by Gasteiger charge is 2.13. The summed E-state index contributed by atoms with van der Waals surface area (Å²) in [4.78, 5) is 2.44. The minimum atomic E-state index is 0.448. The van der Waals surface area contributed by atoms with E-state index < -0.39 is 0 Å². The van der Waals surface area contributed by atoms with E-state index in [2.05, 4.69) is 33.1 Å². The van der Waals surface area contributed by atoms with Crippen molar-refractivity contribution >= 4 is 27.5 Å². The third-order valence-corrected chi connectivity index (χ3v) is 4.29. The molecular weight excluding hydrogens is 328 g/mol. The predicted octanol–water partition coefficient (Wildman–Crippen LogP) is 2.91. The van der Waals surface area contributed by atoms with Gasteiger partial charge in [-0.25, -0.2) is 0 Å². The molecule has 5 heteroatoms. The number of nitrogens with one attached hydrogen (secondary N) is 1. The molecule has 0 bridgehead atoms. The summed E-state index contributed by atoms with van der Waals surface area (Å²) in [5.41, 5.74) is 1.20. The second kappa shape index (κ2) is 7.60. The SMILES string of the molecule is CC(CN1CCOCC1)NCc1cc(Cl)ccc1Br. The van der Waals surface area contributed by atoms with Crippen molar-refractivity contribution in [2.45, 2.75) is 19.5 Å². The van der Waals surface area contributed by atoms with Crippen molar-refractivity contribution in [3.8, 4) is 0 Å². The van der Waals surface area contributed by atoms with Crippen molar-refractivity contribution < 1.29 is 4.74 Å². The molecular formula is C14H20BrClN2O. The zero-order valence-electron chi connectivity index (χ0n) is 11.2. The van der Waals surface area contributed by atoms with Crippen LogP contribution in [0.25, 0.3) is 0 Å². The van der Waals surface area contributed by atoms with Gasteiger partial charge in [0.25, 0.3) is 0 Å². The van der Waals surface area contributed by atoms with Gasteiger partial charge in [0, 0.05) is 41.7 Å². The zero-order chi connectivity index (χ0) is 13.7. The maximum Gasteiger partial charge on any atom is 0.0594 e. The highest BCUT2D eigenvalue weighted by Crippen LogP contribution is 2.21. The standard InChI is InChI=1S/C14H20BrClN2O/c1-11(10-18-4-6-19-7-5-18)17-9-12-8-13(16)2-3-14(12)15/h2-3,8,11,17H,4-7,9-10H2,1H3. The highest BCUT2D eigenvalue weighted by atomic mass is 79.9. The Bertz CT molecular complexity index is 410. The van der Waals surface area contributed by atoms with Gasteiger partial charge in [-0.15, -0.1) is 0 Å². The number of ether oxygens (including phenoxy) is 1. The van der Waals surface area contributed by atoms with Crippen LogP contribution in [0, 0.1) is 0 Å². The van der Waals surface area contributed by atoms with Gasteiger partial charge in [-0.05, 0) is 30.7 Å². The normalized spacial score (nSPS) is 18.5. The number of hydrogen-bond acceptors (Lipinski definition) is 3. The van der Waals surface area contributed by atoms with E-state index in [9.17, 15) is 0 Å². The van der Waals surface area contributed by atoms with E-state index in [1.54, 1.807) is 0 Å². The van der Waals surface area contributed by atoms with Gasteiger partial charge in [0.15, 0.2) is 0 Å². The molecule has 1 unspecified atom stereocenters. The molecule has 0 amide bonds. The molecule has 1 aromatic carbocycles. The zero-order valence-corrected chi connectivity index (χ0v) is 13.5. The first-order chi connectivity index (χ1) is 9.15. The van der Waals surface area contributed by atoms with Gasteiger partial charge in [-0.3, -0.25) is 4.90 Å². The van der Waals surface area contributed by atoms with Crippen LogP contribution in [0.15, 0.2) is 22.7 Å². The fourth-order valence-corrected chi connectivity index (χ4v) is 2.78. The first-order valence-electron chi connectivity index (χ1n) is 6.62. The monoisotopic (exact) mass is 346 g/mol. The quantitative estimate of drug-likeness (QED) is 0.886. The smallest absolute Gasteiger partial charge is 0.0594 e. The fraction of sp³-hybridized carbons (Fsp3) is 0.571. The molecule has 3 nitrogen and oxygen atoms in total. The summed E-state index contributed by atoms with van der Waals surface area (Å²) in [6.07, 6.45) is 0. The van der Waals surface area contributed by atoms with Crippen LogP contribution in [0.2, 0.25) is 5.02 Å². The molecule has 1 aliphatic rings. The average molecular weight is 348 g/mol. The Labute approximate surface area is 128 Å². The minimum Gasteiger partial charge on any atom is -0.379 e. The minimum absolute atomic E-state index is 0.448. The molecule has 0 spiro atoms. The number of benzene rings is 1. The third kappa shape index (κ3) is 5.04. The summed E-state index contributed by atoms with van der Waals surface area (Å²) in [5, 5.41) is 4.32. The number of rotatable bonds is 5. The van der Waals surface area contributed by atoms with Gasteiger partial charge in [-0.1, -0.05) is 27.5 Å². The van der Waals surface area contributed by atoms with E-state index in [1.807, 2.05) is 18.2 Å². The Morgan fingerprint density at radius 1 is 1.42 bits per heavy atom. The molecule has 0 aliphatic carbocycles. The Balaban J connectivity index is 1.79. The molecule has 0 radical (unpaired) electrons. The molecule has 106 valence electrons. The second-order valence-corrected chi connectivity index (χ2v) is 6.22. The number of halogens is 2. The molecule has 1 N–H and O–H groups in total. The van der Waals surface area contributed by atoms with Crippen molar-refractivity contribution in [3.05, 3.63) is 33.3 Å². The Hall–Kier alpha value is -0.130. The van der Waals surface area contributed by atoms with Gasteiger partial charge < -0.3 is 10.1 Å². The van der Waals surface area contributed by atoms with E-state index >= 15 is 0 Å². The number of morpholine rings is 1. The first kappa shape index (κ1) is 15.3. The molecule has 0 aromatic heterocycles. The molecule has 1 atom stereocenters. The summed E-state index contributed by atoms with van der Waals surface area (Å²) in [7, 11) is 0. The van der Waals surface area contributed by atoms with Gasteiger partial charge in [-0.2, -0.15) is 0 Å². The van der Waals surface area contributed by atoms with Crippen LogP contribution in [0.3, 0.4) is 0 Å². The molecule has 1 aliphatic heterocycles. The van der Waals surface area contributed by atoms with Crippen molar-refractivity contribution in [3.63, 3.8) is 0 Å². The summed E-state index contributed by atoms with van der Waals surface area (Å²) in [5.74, 6) is 0. The van der Waals surface area contributed by atoms with Crippen LogP contribution >= 0.6 is 27.5 Å². The summed E-state index contributed by atoms with van der Waals surface area (Å²) in [6, 6.07) is 6.34. The van der Waals surface area contributed by atoms with E-state index in [0.717, 1.165) is 48.9 Å². The maximum absolute atomic E-state index is 6.02. The van der Waals surface area contributed by atoms with Crippen molar-refractivity contribution in [2.75, 3.05) is 32.8 Å². The first-order valence-corrected chi connectivity index (χ1v) is 7.79. The summed E-state index contributed by atoms with van der Waals surface area (Å²) < 4.78 is 6.46. The maximum atomic E-state index is 6.02. The topological polar surface area (TPSA) is 24.5 Å². The van der Waals surface area contributed by atoms with Crippen LogP contribution in [0.5, 0.6) is 0 Å². The van der Waals surface area contributed by atoms with Crippen molar-refractivity contribution in [1.29, 1.82) is 0 Å². The molecule has 19 heavy (non-hydrogen) atoms. The van der Waals surface area contributed by atoms with Crippen LogP contribution in [-0.2, 0) is 11.3 Å². The van der Waals surface area contributed by atoms with Crippen LogP contribution < -0.4 is 5.32 Å². The lowest BCUT2D eigenvalue weighted by molar-refractivity contribution is 0.0343. The number of hydrogen-bond donors (Lipinski definition) is 1. The van der Waals surface area contributed by atoms with Crippen LogP contribution in [0.1, 0.15) is 12.5 Å². The van der Waals surface area contributed by atoms with Crippen LogP contribution in [-0.4, -0.2) is 43.8 Å². The second-order valence-electron chi connectivity index (χ2n) is 4.93. The number of nitrogens with zero attached hydrogens (tertiary/aromatic N) is 1. The molecule has 1 heterocycles. The summed E-state index contributed by atoms with van der Waals surface area (Å²) in [6.45, 7) is 7.88. The van der Waals surface area contributed by atoms with E-state index in [-0.39, 0.29) is 0 Å². The van der Waals surface area contributed by atoms with Crippen LogP contribution in [0.4, 0.5) is 0 Å². The lowest BCUT2D eigenvalue weighted by Gasteiger charge is -2.29. The molecule has 1 aromatic rings. The Morgan fingerprint density at radius 3 is 2.89 bits per heavy atom. The van der Waals surface area contributed by atoms with E-state index in [4.69, 9.17) is 16.3 Å². The van der Waals surface area contributed by atoms with Gasteiger partial charge >= 0.3 is 0 Å².